The van der Waals surface area contributed by atoms with Crippen LogP contribution in [0.1, 0.15) is 67.2 Å². The van der Waals surface area contributed by atoms with Crippen LogP contribution in [0, 0.1) is 123 Å². The minimum Gasteiger partial charge on any atom is -0.340 e. The first-order chi connectivity index (χ1) is 6.72. The molecule has 0 heterocycles. The molecule has 1 aliphatic carbocycles. The monoisotopic (exact) mass is 924 g/mol. The normalized spacial score (nSPS) is 22.0. The van der Waals surface area contributed by atoms with Gasteiger partial charge in [0.05, 0.1) is 0 Å². The molecule has 0 bridgehead atoms. The van der Waals surface area contributed by atoms with Crippen molar-refractivity contribution in [2.45, 2.75) is 67.2 Å². The number of hydrogen-bond acceptors (Lipinski definition) is 0. The summed E-state index contributed by atoms with van der Waals surface area (Å²) < 4.78 is 0. The van der Waals surface area contributed by atoms with Gasteiger partial charge in [-0.2, -0.15) is 26.7 Å². The predicted octanol–water partition coefficient (Wildman–Crippen LogP) is 5.29. The molecule has 0 spiro atoms. The molecule has 2 atom stereocenters. The van der Waals surface area contributed by atoms with E-state index in [2.05, 4.69) is 48.5 Å². The summed E-state index contributed by atoms with van der Waals surface area (Å²) in [6.07, 6.45) is 5.56. The van der Waals surface area contributed by atoms with Crippen molar-refractivity contribution in [1.82, 2.24) is 0 Å². The van der Waals surface area contributed by atoms with Crippen LogP contribution in [0.3, 0.4) is 0 Å². The average molecular weight is 924 g/mol. The van der Waals surface area contributed by atoms with Crippen molar-refractivity contribution in [3.05, 3.63) is 12.8 Å². The van der Waals surface area contributed by atoms with E-state index in [9.17, 15) is 0 Å². The topological polar surface area (TPSA) is 0 Å². The molecule has 1 saturated carbocycles. The maximum absolute atomic E-state index is 4.20. The Morgan fingerprint density at radius 2 is 1.44 bits per heavy atom. The maximum Gasteiger partial charge on any atom is 2.00 e. The molecule has 2 unspecified atom stereocenters. The molecular weight excluding hydrogens is 894 g/mol. The average Bonchev–Trinajstić information content (AvgIpc) is 2.31. The van der Waals surface area contributed by atoms with E-state index in [0.29, 0.717) is 5.41 Å². The van der Waals surface area contributed by atoms with Crippen molar-refractivity contribution in [1.29, 1.82) is 0 Å². The molecule has 0 aliphatic heterocycles. The molecular formula is C15H30U3. The van der Waals surface area contributed by atoms with Gasteiger partial charge in [0.1, 0.15) is 0 Å². The molecule has 0 saturated heterocycles. The fourth-order valence-corrected chi connectivity index (χ4v) is 2.17. The maximum atomic E-state index is 4.20. The van der Waals surface area contributed by atoms with Gasteiger partial charge in [-0.15, -0.1) is 0 Å². The second kappa shape index (κ2) is 15.1. The Hall–Kier alpha value is 3.16. The zero-order valence-electron chi connectivity index (χ0n) is 13.2. The van der Waals surface area contributed by atoms with E-state index >= 15 is 0 Å². The van der Waals surface area contributed by atoms with Crippen molar-refractivity contribution in [3.63, 3.8) is 0 Å². The van der Waals surface area contributed by atoms with Gasteiger partial charge in [-0.25, -0.2) is 0 Å². The molecule has 0 N–H and O–H groups in total. The molecule has 1 rings (SSSR count). The fourth-order valence-electron chi connectivity index (χ4n) is 2.17. The Kier molecular flexibility index (Phi) is 24.4. The summed E-state index contributed by atoms with van der Waals surface area (Å²) in [5.74, 6) is 3.07. The van der Waals surface area contributed by atoms with E-state index in [0.717, 1.165) is 11.8 Å². The van der Waals surface area contributed by atoms with Crippen LogP contribution in [0.25, 0.3) is 0 Å². The van der Waals surface area contributed by atoms with Gasteiger partial charge in [0.25, 0.3) is 0 Å². The Morgan fingerprint density at radius 3 is 1.67 bits per heavy atom. The summed E-state index contributed by atoms with van der Waals surface area (Å²) in [4.78, 5) is 0. The second-order valence-corrected chi connectivity index (χ2v) is 6.72. The van der Waals surface area contributed by atoms with Crippen LogP contribution in [0.15, 0.2) is 0 Å². The van der Waals surface area contributed by atoms with Crippen molar-refractivity contribution in [2.24, 2.45) is 17.3 Å². The Bertz CT molecular complexity index is 159. The Labute approximate surface area is 187 Å². The van der Waals surface area contributed by atoms with Crippen molar-refractivity contribution in [3.8, 4) is 0 Å². The zero-order valence-corrected chi connectivity index (χ0v) is 25.7. The molecule has 0 amide bonds. The number of rotatable bonds is 1. The largest absolute Gasteiger partial charge is 2.00 e. The van der Waals surface area contributed by atoms with E-state index in [-0.39, 0.29) is 93.3 Å². The molecule has 0 radical (unpaired) electrons. The SMILES string of the molecule is C[C-](C)C.[CH2-]C1CCCC1CC(C)(C)C.[U+2].[U].[U]. The fraction of sp³-hybridized carbons (Fsp3) is 0.867. The van der Waals surface area contributed by atoms with E-state index in [4.69, 9.17) is 0 Å². The van der Waals surface area contributed by atoms with Gasteiger partial charge in [-0.3, -0.25) is 0 Å². The Balaban J connectivity index is -0.000000125. The van der Waals surface area contributed by atoms with Gasteiger partial charge >= 0.3 is 31.1 Å². The van der Waals surface area contributed by atoms with Crippen LogP contribution < -0.4 is 0 Å². The zero-order chi connectivity index (χ0) is 12.1. The molecule has 18 heavy (non-hydrogen) atoms. The smallest absolute Gasteiger partial charge is 0.340 e. The molecule has 3 heteroatoms. The molecule has 102 valence electrons. The van der Waals surface area contributed by atoms with Gasteiger partial charge in [0.15, 0.2) is 0 Å². The van der Waals surface area contributed by atoms with Gasteiger partial charge in [0.2, 0.25) is 0 Å². The van der Waals surface area contributed by atoms with Crippen LogP contribution in [-0.2, 0) is 0 Å². The summed E-state index contributed by atoms with van der Waals surface area (Å²) in [5, 5.41) is 0. The molecule has 0 aromatic rings. The number of hydrogen-bond donors (Lipinski definition) is 0. The third kappa shape index (κ3) is 19.2. The first-order valence-electron chi connectivity index (χ1n) is 6.32. The minimum absolute atomic E-state index is 0. The quantitative estimate of drug-likeness (QED) is 0.314. The summed E-state index contributed by atoms with van der Waals surface area (Å²) >= 11 is 0. The van der Waals surface area contributed by atoms with Gasteiger partial charge in [-0.1, -0.05) is 46.0 Å². The standard InChI is InChI=1S/C11H21.C4H9.3U/c1-9-6-5-7-10(9)8-11(2,3)4;1-4(2)3;;;/h9-10H,1,5-8H2,2-4H3;1-3H3;;;/q2*-1;;;+2. The van der Waals surface area contributed by atoms with Crippen LogP contribution in [-0.4, -0.2) is 0 Å². The summed E-state index contributed by atoms with van der Waals surface area (Å²) in [6, 6.07) is 0. The van der Waals surface area contributed by atoms with E-state index in [1.54, 1.807) is 0 Å². The van der Waals surface area contributed by atoms with E-state index in [1.165, 1.54) is 31.6 Å². The van der Waals surface area contributed by atoms with Crippen LogP contribution in [0.5, 0.6) is 0 Å². The summed E-state index contributed by atoms with van der Waals surface area (Å²) in [5.41, 5.74) is 0.505. The predicted molar refractivity (Wildman–Crippen MR) is 70.5 cm³/mol. The van der Waals surface area contributed by atoms with Gasteiger partial charge in [0, 0.05) is 62.2 Å². The van der Waals surface area contributed by atoms with Gasteiger partial charge < -0.3 is 12.8 Å². The molecule has 1 fully saturated rings. The molecule has 0 aromatic heterocycles. The van der Waals surface area contributed by atoms with Crippen LogP contribution >= 0.6 is 0 Å². The van der Waals surface area contributed by atoms with Gasteiger partial charge in [-0.05, 0) is 11.8 Å². The minimum atomic E-state index is 0. The third-order valence-corrected chi connectivity index (χ3v) is 2.69. The summed E-state index contributed by atoms with van der Waals surface area (Å²) in [7, 11) is 0. The van der Waals surface area contributed by atoms with Crippen LogP contribution in [0.4, 0.5) is 0 Å². The summed E-state index contributed by atoms with van der Waals surface area (Å²) in [6.45, 7) is 17.4. The van der Waals surface area contributed by atoms with E-state index < -0.39 is 0 Å². The molecule has 0 nitrogen and oxygen atoms in total. The Morgan fingerprint density at radius 1 is 1.06 bits per heavy atom. The molecule has 0 aromatic carbocycles. The first-order valence-corrected chi connectivity index (χ1v) is 6.32. The first kappa shape index (κ1) is 29.2. The van der Waals surface area contributed by atoms with Crippen molar-refractivity contribution < 1.29 is 93.3 Å². The van der Waals surface area contributed by atoms with E-state index in [1.807, 2.05) is 0 Å². The van der Waals surface area contributed by atoms with Crippen LogP contribution in [0.2, 0.25) is 0 Å². The molecule has 1 aliphatic rings. The van der Waals surface area contributed by atoms with Crippen molar-refractivity contribution >= 4 is 0 Å². The third-order valence-electron chi connectivity index (χ3n) is 2.69. The van der Waals surface area contributed by atoms with Crippen molar-refractivity contribution in [2.75, 3.05) is 0 Å². The second-order valence-electron chi connectivity index (χ2n) is 6.72.